The van der Waals surface area contributed by atoms with Gasteiger partial charge in [-0.25, -0.2) is 0 Å². The molecule has 0 bridgehead atoms. The maximum Gasteiger partial charge on any atom is 0.224 e. The molecule has 1 heterocycles. The van der Waals surface area contributed by atoms with Crippen LogP contribution in [-0.4, -0.2) is 30.6 Å². The predicted octanol–water partition coefficient (Wildman–Crippen LogP) is 1.05. The van der Waals surface area contributed by atoms with Gasteiger partial charge in [0, 0.05) is 12.1 Å². The summed E-state index contributed by atoms with van der Waals surface area (Å²) in [6.07, 6.45) is 2.49. The van der Waals surface area contributed by atoms with Crippen LogP contribution in [0.5, 0.6) is 5.75 Å². The zero-order valence-electron chi connectivity index (χ0n) is 10.5. The number of phenols is 1. The molecule has 4 heteroatoms. The zero-order valence-corrected chi connectivity index (χ0v) is 10.5. The van der Waals surface area contributed by atoms with Crippen molar-refractivity contribution in [1.82, 2.24) is 10.6 Å². The number of hydrogen-bond donors (Lipinski definition) is 3. The third-order valence-electron chi connectivity index (χ3n) is 3.39. The van der Waals surface area contributed by atoms with E-state index < -0.39 is 0 Å². The Kier molecular flexibility index (Phi) is 4.59. The number of amides is 1. The number of rotatable bonds is 4. The Hall–Kier alpha value is -1.55. The van der Waals surface area contributed by atoms with Crippen LogP contribution < -0.4 is 10.6 Å². The second-order valence-electron chi connectivity index (χ2n) is 4.80. The summed E-state index contributed by atoms with van der Waals surface area (Å²) in [5.41, 5.74) is 0.681. The first-order chi connectivity index (χ1) is 8.75. The van der Waals surface area contributed by atoms with Crippen molar-refractivity contribution in [3.05, 3.63) is 29.8 Å². The van der Waals surface area contributed by atoms with E-state index in [0.717, 1.165) is 32.5 Å². The molecule has 98 valence electrons. The molecule has 1 aromatic carbocycles. The largest absolute Gasteiger partial charge is 0.508 e. The summed E-state index contributed by atoms with van der Waals surface area (Å²) in [5.74, 6) is 0.754. The molecule has 0 saturated carbocycles. The summed E-state index contributed by atoms with van der Waals surface area (Å²) in [5, 5.41) is 15.8. The van der Waals surface area contributed by atoms with Crippen molar-refractivity contribution < 1.29 is 9.90 Å². The van der Waals surface area contributed by atoms with Gasteiger partial charge in [-0.05, 0) is 37.9 Å². The molecule has 0 unspecified atom stereocenters. The normalized spacial score (nSPS) is 16.4. The zero-order chi connectivity index (χ0) is 12.8. The van der Waals surface area contributed by atoms with E-state index in [9.17, 15) is 9.90 Å². The van der Waals surface area contributed by atoms with E-state index in [1.165, 1.54) is 0 Å². The molecule has 0 atom stereocenters. The van der Waals surface area contributed by atoms with Gasteiger partial charge in [0.25, 0.3) is 0 Å². The van der Waals surface area contributed by atoms with Crippen LogP contribution in [0.4, 0.5) is 0 Å². The highest BCUT2D eigenvalue weighted by atomic mass is 16.3. The Morgan fingerprint density at radius 2 is 2.06 bits per heavy atom. The van der Waals surface area contributed by atoms with E-state index in [4.69, 9.17) is 0 Å². The fraction of sp³-hybridized carbons (Fsp3) is 0.500. The summed E-state index contributed by atoms with van der Waals surface area (Å²) in [4.78, 5) is 11.8. The van der Waals surface area contributed by atoms with E-state index >= 15 is 0 Å². The fourth-order valence-electron chi connectivity index (χ4n) is 2.24. The molecule has 1 aliphatic heterocycles. The van der Waals surface area contributed by atoms with Gasteiger partial charge in [0.15, 0.2) is 0 Å². The van der Waals surface area contributed by atoms with Gasteiger partial charge < -0.3 is 15.7 Å². The van der Waals surface area contributed by atoms with Crippen molar-refractivity contribution in [3.8, 4) is 5.75 Å². The number of aromatic hydroxyl groups is 1. The molecule has 0 aliphatic carbocycles. The molecule has 1 aliphatic rings. The Bertz CT molecular complexity index is 401. The standard InChI is InChI=1S/C14H20N2O2/c17-13-4-2-1-3-12(13)9-14(18)16-10-11-5-7-15-8-6-11/h1-4,11,15,17H,5-10H2,(H,16,18). The maximum atomic E-state index is 11.8. The molecule has 1 saturated heterocycles. The highest BCUT2D eigenvalue weighted by Crippen LogP contribution is 2.16. The van der Waals surface area contributed by atoms with Crippen LogP contribution >= 0.6 is 0 Å². The number of carbonyl (C=O) groups is 1. The number of nitrogens with one attached hydrogen (secondary N) is 2. The minimum Gasteiger partial charge on any atom is -0.508 e. The molecule has 0 radical (unpaired) electrons. The fourth-order valence-corrected chi connectivity index (χ4v) is 2.24. The summed E-state index contributed by atoms with van der Waals surface area (Å²) >= 11 is 0. The SMILES string of the molecule is O=C(Cc1ccccc1O)NCC1CCNCC1. The van der Waals surface area contributed by atoms with Gasteiger partial charge in [0.05, 0.1) is 6.42 Å². The molecular formula is C14H20N2O2. The number of carbonyl (C=O) groups excluding carboxylic acids is 1. The highest BCUT2D eigenvalue weighted by molar-refractivity contribution is 5.79. The Balaban J connectivity index is 1.76. The monoisotopic (exact) mass is 248 g/mol. The van der Waals surface area contributed by atoms with Gasteiger partial charge in [-0.2, -0.15) is 0 Å². The lowest BCUT2D eigenvalue weighted by molar-refractivity contribution is -0.120. The molecule has 0 aromatic heterocycles. The maximum absolute atomic E-state index is 11.8. The van der Waals surface area contributed by atoms with Gasteiger partial charge >= 0.3 is 0 Å². The molecule has 0 spiro atoms. The van der Waals surface area contributed by atoms with E-state index in [-0.39, 0.29) is 18.1 Å². The first-order valence-corrected chi connectivity index (χ1v) is 6.50. The number of piperidine rings is 1. The van der Waals surface area contributed by atoms with Crippen molar-refractivity contribution in [3.63, 3.8) is 0 Å². The summed E-state index contributed by atoms with van der Waals surface area (Å²) < 4.78 is 0. The van der Waals surface area contributed by atoms with Gasteiger partial charge in [0.1, 0.15) is 5.75 Å². The van der Waals surface area contributed by atoms with Crippen LogP contribution in [0, 0.1) is 5.92 Å². The van der Waals surface area contributed by atoms with Gasteiger partial charge in [-0.1, -0.05) is 18.2 Å². The summed E-state index contributed by atoms with van der Waals surface area (Å²) in [7, 11) is 0. The molecule has 1 fully saturated rings. The lowest BCUT2D eigenvalue weighted by atomic mass is 9.98. The van der Waals surface area contributed by atoms with E-state index in [0.29, 0.717) is 11.5 Å². The van der Waals surface area contributed by atoms with Crippen LogP contribution in [-0.2, 0) is 11.2 Å². The average molecular weight is 248 g/mol. The van der Waals surface area contributed by atoms with Crippen molar-refractivity contribution in [2.45, 2.75) is 19.3 Å². The topological polar surface area (TPSA) is 61.4 Å². The second kappa shape index (κ2) is 6.40. The van der Waals surface area contributed by atoms with Gasteiger partial charge in [-0.15, -0.1) is 0 Å². The molecule has 2 rings (SSSR count). The van der Waals surface area contributed by atoms with Crippen LogP contribution in [0.3, 0.4) is 0 Å². The lowest BCUT2D eigenvalue weighted by Gasteiger charge is -2.22. The van der Waals surface area contributed by atoms with Crippen LogP contribution in [0.25, 0.3) is 0 Å². The van der Waals surface area contributed by atoms with Crippen LogP contribution in [0.15, 0.2) is 24.3 Å². The van der Waals surface area contributed by atoms with E-state index in [1.807, 2.05) is 6.07 Å². The molecule has 18 heavy (non-hydrogen) atoms. The first-order valence-electron chi connectivity index (χ1n) is 6.50. The van der Waals surface area contributed by atoms with Crippen molar-refractivity contribution in [2.24, 2.45) is 5.92 Å². The van der Waals surface area contributed by atoms with Crippen molar-refractivity contribution in [1.29, 1.82) is 0 Å². The van der Waals surface area contributed by atoms with Crippen molar-refractivity contribution >= 4 is 5.91 Å². The smallest absolute Gasteiger partial charge is 0.224 e. The number of phenolic OH excluding ortho intramolecular Hbond substituents is 1. The molecule has 3 N–H and O–H groups in total. The number of hydrogen-bond acceptors (Lipinski definition) is 3. The van der Waals surface area contributed by atoms with Crippen molar-refractivity contribution in [2.75, 3.05) is 19.6 Å². The second-order valence-corrected chi connectivity index (χ2v) is 4.80. The third-order valence-corrected chi connectivity index (χ3v) is 3.39. The lowest BCUT2D eigenvalue weighted by Crippen LogP contribution is -2.36. The third kappa shape index (κ3) is 3.74. The molecular weight excluding hydrogens is 228 g/mol. The first kappa shape index (κ1) is 12.9. The minimum atomic E-state index is -0.0185. The average Bonchev–Trinajstić information content (AvgIpc) is 2.40. The predicted molar refractivity (Wildman–Crippen MR) is 70.4 cm³/mol. The van der Waals surface area contributed by atoms with Crippen LogP contribution in [0.2, 0.25) is 0 Å². The minimum absolute atomic E-state index is 0.0185. The molecule has 4 nitrogen and oxygen atoms in total. The molecule has 1 amide bonds. The molecule has 1 aromatic rings. The Morgan fingerprint density at radius 3 is 2.78 bits per heavy atom. The summed E-state index contributed by atoms with van der Waals surface area (Å²) in [6, 6.07) is 6.97. The Labute approximate surface area is 107 Å². The van der Waals surface area contributed by atoms with Crippen LogP contribution in [0.1, 0.15) is 18.4 Å². The van der Waals surface area contributed by atoms with E-state index in [1.54, 1.807) is 18.2 Å². The van der Waals surface area contributed by atoms with Gasteiger partial charge in [-0.3, -0.25) is 4.79 Å². The highest BCUT2D eigenvalue weighted by Gasteiger charge is 2.14. The quantitative estimate of drug-likeness (QED) is 0.746. The van der Waals surface area contributed by atoms with E-state index in [2.05, 4.69) is 10.6 Å². The number of benzene rings is 1. The van der Waals surface area contributed by atoms with Gasteiger partial charge in [0.2, 0.25) is 5.91 Å². The Morgan fingerprint density at radius 1 is 1.33 bits per heavy atom. The summed E-state index contributed by atoms with van der Waals surface area (Å²) in [6.45, 7) is 2.83. The number of para-hydroxylation sites is 1.